The smallest absolute Gasteiger partial charge is 0.394 e. The predicted octanol–water partition coefficient (Wildman–Crippen LogP) is 17.1. The Bertz CT molecular complexity index is 1580. The number of carbonyl (C=O) groups is 3. The minimum atomic E-state index is -4.36. The standard InChI is InChI=1S/C79H160N4O12Si/c1-7-11-15-19-23-27-31-32-33-34-35-36-37-41-45-49-53-57-62-83(5,6)63-58-64-96(93-71-77(65-84,66-85)80-74(90)59-54-50-46-42-38-28-24-20-16-12-8-2,94-72-78(67-86,68-87)81-75(91)60-55-51-47-43-39-29-25-21-17-13-9-3)95-73-79(69-88,70-89)82-76(92)61-56-52-48-44-40-30-26-22-18-14-10-4/h84-89H,7-73H2,1-6H3,(H2-,80,81,82,90,91,92)/p+1. The normalized spacial score (nSPS) is 12.5. The van der Waals surface area contributed by atoms with E-state index in [1.807, 2.05) is 0 Å². The molecule has 0 radical (unpaired) electrons. The molecule has 0 saturated carbocycles. The van der Waals surface area contributed by atoms with E-state index in [4.69, 9.17) is 13.3 Å². The molecule has 0 fully saturated rings. The summed E-state index contributed by atoms with van der Waals surface area (Å²) < 4.78 is 21.3. The molecule has 0 rings (SSSR count). The lowest BCUT2D eigenvalue weighted by Gasteiger charge is -2.41. The SMILES string of the molecule is CCCCCCCCCCCCCCCCCCCC[N+](C)(C)CCC[Si](OCC(CO)(CO)NC(=O)CCCCCCCCCCCCC)(OCC(CO)(CO)NC(=O)CCCCCCCCCCCCC)OCC(CO)(CO)NC(=O)CCCCCCCCCCCCC. The minimum Gasteiger partial charge on any atom is -0.394 e. The molecule has 0 atom stereocenters. The molecule has 0 aliphatic carbocycles. The summed E-state index contributed by atoms with van der Waals surface area (Å²) >= 11 is 0. The van der Waals surface area contributed by atoms with Crippen LogP contribution in [0.5, 0.6) is 0 Å². The Morgan fingerprint density at radius 1 is 0.281 bits per heavy atom. The molecule has 572 valence electrons. The third-order valence-corrected chi connectivity index (χ3v) is 22.8. The highest BCUT2D eigenvalue weighted by Gasteiger charge is 2.49. The van der Waals surface area contributed by atoms with E-state index >= 15 is 0 Å². The number of unbranched alkanes of at least 4 members (excludes halogenated alkanes) is 47. The Morgan fingerprint density at radius 3 is 0.656 bits per heavy atom. The van der Waals surface area contributed by atoms with Crippen molar-refractivity contribution in [3.63, 3.8) is 0 Å². The summed E-state index contributed by atoms with van der Waals surface area (Å²) in [7, 11) is 0.0216. The molecule has 0 aliphatic rings. The Balaban J connectivity index is 6.61. The van der Waals surface area contributed by atoms with Crippen LogP contribution < -0.4 is 16.0 Å². The van der Waals surface area contributed by atoms with Gasteiger partial charge in [-0.25, -0.2) is 0 Å². The molecular formula is C79H161N4O12Si+. The zero-order valence-corrected chi connectivity index (χ0v) is 65.0. The Labute approximate surface area is 592 Å². The van der Waals surface area contributed by atoms with Gasteiger partial charge in [-0.1, -0.05) is 323 Å². The van der Waals surface area contributed by atoms with Crippen LogP contribution in [0.25, 0.3) is 0 Å². The van der Waals surface area contributed by atoms with Crippen molar-refractivity contribution in [1.82, 2.24) is 16.0 Å². The van der Waals surface area contributed by atoms with Crippen LogP contribution in [0.15, 0.2) is 0 Å². The van der Waals surface area contributed by atoms with Crippen LogP contribution in [0, 0.1) is 0 Å². The number of quaternary nitrogens is 1. The highest BCUT2D eigenvalue weighted by atomic mass is 28.4. The topological polar surface area (TPSA) is 236 Å². The van der Waals surface area contributed by atoms with E-state index in [9.17, 15) is 45.0 Å². The first-order valence-corrected chi connectivity index (χ1v) is 42.9. The summed E-state index contributed by atoms with van der Waals surface area (Å²) in [5, 5.41) is 75.2. The molecule has 17 heteroatoms. The molecule has 16 nitrogen and oxygen atoms in total. The van der Waals surface area contributed by atoms with Gasteiger partial charge in [0.1, 0.15) is 16.6 Å². The summed E-state index contributed by atoms with van der Waals surface area (Å²) in [5.41, 5.74) is -5.07. The summed E-state index contributed by atoms with van der Waals surface area (Å²) in [4.78, 5) is 41.2. The molecule has 0 heterocycles. The Kier molecular flexibility index (Phi) is 64.1. The second-order valence-corrected chi connectivity index (χ2v) is 33.1. The Hall–Kier alpha value is -1.77. The molecule has 0 spiro atoms. The van der Waals surface area contributed by atoms with E-state index in [1.54, 1.807) is 0 Å². The largest absolute Gasteiger partial charge is 0.501 e. The lowest BCUT2D eigenvalue weighted by molar-refractivity contribution is -0.890. The Morgan fingerprint density at radius 2 is 0.458 bits per heavy atom. The quantitative estimate of drug-likeness (QED) is 0.0157. The minimum absolute atomic E-state index is 0.118. The number of hydrogen-bond acceptors (Lipinski definition) is 12. The predicted molar refractivity (Wildman–Crippen MR) is 402 cm³/mol. The second kappa shape index (κ2) is 65.3. The molecule has 0 aromatic rings. The molecule has 0 bridgehead atoms. The zero-order valence-electron chi connectivity index (χ0n) is 64.0. The molecule has 9 N–H and O–H groups in total. The van der Waals surface area contributed by atoms with Crippen LogP contribution in [0.3, 0.4) is 0 Å². The summed E-state index contributed by atoms with van der Waals surface area (Å²) in [6.45, 7) is 4.97. The van der Waals surface area contributed by atoms with Gasteiger partial charge in [0, 0.05) is 31.7 Å². The molecule has 0 aliphatic heterocycles. The number of nitrogens with one attached hydrogen (secondary N) is 3. The van der Waals surface area contributed by atoms with Gasteiger partial charge in [0.05, 0.1) is 86.6 Å². The van der Waals surface area contributed by atoms with Crippen molar-refractivity contribution in [1.29, 1.82) is 0 Å². The van der Waals surface area contributed by atoms with Gasteiger partial charge in [-0.2, -0.15) is 0 Å². The number of nitrogens with zero attached hydrogens (tertiary/aromatic N) is 1. The molecule has 0 aromatic heterocycles. The van der Waals surface area contributed by atoms with E-state index in [0.29, 0.717) is 36.7 Å². The van der Waals surface area contributed by atoms with Gasteiger partial charge in [-0.3, -0.25) is 14.4 Å². The monoisotopic (exact) mass is 1390 g/mol. The number of carbonyl (C=O) groups excluding carboxylic acids is 3. The molecule has 96 heavy (non-hydrogen) atoms. The van der Waals surface area contributed by atoms with E-state index in [0.717, 1.165) is 77.2 Å². The van der Waals surface area contributed by atoms with Crippen molar-refractivity contribution < 1.29 is 62.8 Å². The van der Waals surface area contributed by atoms with Crippen molar-refractivity contribution in [2.24, 2.45) is 0 Å². The second-order valence-electron chi connectivity index (χ2n) is 30.3. The first-order valence-electron chi connectivity index (χ1n) is 40.9. The first kappa shape index (κ1) is 94.2. The number of aliphatic hydroxyl groups excluding tert-OH is 6. The van der Waals surface area contributed by atoms with Crippen LogP contribution in [-0.4, -0.2) is 165 Å². The van der Waals surface area contributed by atoms with Crippen LogP contribution >= 0.6 is 0 Å². The number of aliphatic hydroxyl groups is 6. The van der Waals surface area contributed by atoms with Gasteiger partial charge in [-0.05, 0) is 32.1 Å². The van der Waals surface area contributed by atoms with Gasteiger partial charge < -0.3 is 64.4 Å². The van der Waals surface area contributed by atoms with Crippen LogP contribution in [0.2, 0.25) is 6.04 Å². The lowest BCUT2D eigenvalue weighted by Crippen LogP contribution is -2.64. The summed E-state index contributed by atoms with van der Waals surface area (Å²) in [6.07, 6.45) is 61.8. The maximum atomic E-state index is 13.7. The van der Waals surface area contributed by atoms with Gasteiger partial charge >= 0.3 is 8.80 Å². The first-order chi connectivity index (χ1) is 46.6. The molecule has 3 amide bonds. The number of rotatable bonds is 77. The summed E-state index contributed by atoms with van der Waals surface area (Å²) in [6, 6.07) is 0.118. The van der Waals surface area contributed by atoms with Gasteiger partial charge in [0.15, 0.2) is 0 Å². The summed E-state index contributed by atoms with van der Waals surface area (Å²) in [5.74, 6) is -1.07. The molecule has 0 aromatic carbocycles. The van der Waals surface area contributed by atoms with Crippen molar-refractivity contribution in [3.8, 4) is 0 Å². The average Bonchev–Trinajstić information content (AvgIpc) is 0.829. The fraction of sp³-hybridized carbons (Fsp3) is 0.962. The zero-order chi connectivity index (χ0) is 70.9. The van der Waals surface area contributed by atoms with Crippen molar-refractivity contribution in [2.75, 3.05) is 86.6 Å². The third-order valence-electron chi connectivity index (χ3n) is 20.1. The van der Waals surface area contributed by atoms with E-state index in [2.05, 4.69) is 57.7 Å². The van der Waals surface area contributed by atoms with Crippen molar-refractivity contribution in [2.45, 2.75) is 404 Å². The van der Waals surface area contributed by atoms with E-state index in [1.165, 1.54) is 238 Å². The molecule has 0 saturated heterocycles. The molecular weight excluding hydrogens is 1220 g/mol. The average molecular weight is 1390 g/mol. The van der Waals surface area contributed by atoms with Crippen molar-refractivity contribution >= 4 is 26.5 Å². The number of hydrogen-bond donors (Lipinski definition) is 9. The highest BCUT2D eigenvalue weighted by molar-refractivity contribution is 6.60. The van der Waals surface area contributed by atoms with Gasteiger partial charge in [-0.15, -0.1) is 0 Å². The highest BCUT2D eigenvalue weighted by Crippen LogP contribution is 2.27. The third kappa shape index (κ3) is 53.1. The van der Waals surface area contributed by atoms with Gasteiger partial charge in [0.2, 0.25) is 17.7 Å². The van der Waals surface area contributed by atoms with E-state index in [-0.39, 0.29) is 43.0 Å². The van der Waals surface area contributed by atoms with Gasteiger partial charge in [0.25, 0.3) is 0 Å². The molecule has 0 unspecified atom stereocenters. The lowest BCUT2D eigenvalue weighted by atomic mass is 10.0. The fourth-order valence-corrected chi connectivity index (χ4v) is 15.8. The van der Waals surface area contributed by atoms with Crippen LogP contribution in [-0.2, 0) is 27.7 Å². The van der Waals surface area contributed by atoms with Crippen molar-refractivity contribution in [3.05, 3.63) is 0 Å². The van der Waals surface area contributed by atoms with Crippen LogP contribution in [0.4, 0.5) is 0 Å². The maximum absolute atomic E-state index is 13.7. The number of amides is 3. The fourth-order valence-electron chi connectivity index (χ4n) is 13.1. The van der Waals surface area contributed by atoms with Crippen LogP contribution in [0.1, 0.15) is 381 Å². The maximum Gasteiger partial charge on any atom is 0.501 e. The van der Waals surface area contributed by atoms with E-state index < -0.39 is 84.9 Å².